The van der Waals surface area contributed by atoms with Gasteiger partial charge in [-0.2, -0.15) is 0 Å². The fourth-order valence-electron chi connectivity index (χ4n) is 3.35. The molecule has 2 atom stereocenters. The van der Waals surface area contributed by atoms with Crippen molar-refractivity contribution >= 4 is 23.8 Å². The molecule has 1 aromatic rings. The molecule has 1 heterocycles. The smallest absolute Gasteiger partial charge is 0.366 e. The van der Waals surface area contributed by atoms with E-state index in [1.807, 2.05) is 19.0 Å². The number of fused-ring (bicyclic) bond motifs is 1. The van der Waals surface area contributed by atoms with Gasteiger partial charge in [0.05, 0.1) is 6.04 Å². The summed E-state index contributed by atoms with van der Waals surface area (Å²) in [6.07, 6.45) is -0.238. The number of primary amides is 1. The number of imide groups is 1. The van der Waals surface area contributed by atoms with Gasteiger partial charge in [-0.3, -0.25) is 14.4 Å². The van der Waals surface area contributed by atoms with Crippen LogP contribution in [0.1, 0.15) is 52.8 Å². The standard InChI is InChI=1S/C17H20N4O5/c1-20(2)13-8-12(10-4-3-9(16(18)24)7-11(10)13)19-17(25)26-21-14(22)5-6-15(21)23/h3-4,7,12-13H,5-6,8H2,1-2H3,(H2,18,24)(H,19,25). The van der Waals surface area contributed by atoms with Crippen molar-refractivity contribution in [3.05, 3.63) is 34.9 Å². The van der Waals surface area contributed by atoms with Crippen LogP contribution < -0.4 is 11.1 Å². The molecule has 1 aromatic carbocycles. The molecule has 0 aromatic heterocycles. The zero-order valence-corrected chi connectivity index (χ0v) is 14.5. The minimum Gasteiger partial charge on any atom is -0.366 e. The minimum absolute atomic E-state index is 0.0235. The molecule has 0 saturated carbocycles. The first-order valence-electron chi connectivity index (χ1n) is 8.22. The molecule has 26 heavy (non-hydrogen) atoms. The van der Waals surface area contributed by atoms with Crippen molar-refractivity contribution < 1.29 is 24.0 Å². The molecule has 1 saturated heterocycles. The molecule has 1 aliphatic heterocycles. The van der Waals surface area contributed by atoms with Crippen molar-refractivity contribution in [3.63, 3.8) is 0 Å². The maximum atomic E-state index is 12.1. The number of rotatable bonds is 4. The number of hydrogen-bond donors (Lipinski definition) is 2. The van der Waals surface area contributed by atoms with E-state index in [0.29, 0.717) is 17.0 Å². The summed E-state index contributed by atoms with van der Waals surface area (Å²) in [6.45, 7) is 0. The van der Waals surface area contributed by atoms with Gasteiger partial charge in [-0.25, -0.2) is 4.79 Å². The molecular formula is C17H20N4O5. The Hall–Kier alpha value is -2.94. The fraction of sp³-hybridized carbons (Fsp3) is 0.412. The predicted octanol–water partition coefficient (Wildman–Crippen LogP) is 0.623. The Bertz CT molecular complexity index is 775. The topological polar surface area (TPSA) is 122 Å². The van der Waals surface area contributed by atoms with Gasteiger partial charge in [0.1, 0.15) is 0 Å². The van der Waals surface area contributed by atoms with Gasteiger partial charge in [-0.05, 0) is 43.8 Å². The van der Waals surface area contributed by atoms with Gasteiger partial charge in [0, 0.05) is 24.4 Å². The van der Waals surface area contributed by atoms with Gasteiger partial charge >= 0.3 is 6.09 Å². The fourth-order valence-corrected chi connectivity index (χ4v) is 3.35. The molecule has 9 heteroatoms. The summed E-state index contributed by atoms with van der Waals surface area (Å²) in [5.74, 6) is -1.59. The third-order valence-electron chi connectivity index (χ3n) is 4.66. The van der Waals surface area contributed by atoms with Gasteiger partial charge in [0.2, 0.25) is 5.91 Å². The normalized spacial score (nSPS) is 21.9. The van der Waals surface area contributed by atoms with Crippen LogP contribution in [0, 0.1) is 0 Å². The summed E-state index contributed by atoms with van der Waals surface area (Å²) in [5.41, 5.74) is 7.48. The van der Waals surface area contributed by atoms with Crippen molar-refractivity contribution in [1.82, 2.24) is 15.3 Å². The van der Waals surface area contributed by atoms with E-state index in [2.05, 4.69) is 5.32 Å². The number of carbonyl (C=O) groups is 4. The van der Waals surface area contributed by atoms with E-state index in [9.17, 15) is 19.2 Å². The lowest BCUT2D eigenvalue weighted by Crippen LogP contribution is -2.38. The molecule has 2 aliphatic rings. The summed E-state index contributed by atoms with van der Waals surface area (Å²) in [7, 11) is 3.79. The van der Waals surface area contributed by atoms with Crippen LogP contribution in [0.2, 0.25) is 0 Å². The summed E-state index contributed by atoms with van der Waals surface area (Å²) in [6, 6.07) is 4.68. The summed E-state index contributed by atoms with van der Waals surface area (Å²) in [4.78, 5) is 53.5. The molecule has 2 unspecified atom stereocenters. The summed E-state index contributed by atoms with van der Waals surface area (Å²) < 4.78 is 0. The molecule has 1 aliphatic carbocycles. The molecule has 4 amide bonds. The second kappa shape index (κ2) is 6.75. The lowest BCUT2D eigenvalue weighted by Gasteiger charge is -2.21. The maximum absolute atomic E-state index is 12.1. The predicted molar refractivity (Wildman–Crippen MR) is 89.4 cm³/mol. The molecule has 138 valence electrons. The van der Waals surface area contributed by atoms with Crippen LogP contribution in [-0.4, -0.2) is 47.9 Å². The highest BCUT2D eigenvalue weighted by molar-refractivity contribution is 6.01. The number of nitrogens with one attached hydrogen (secondary N) is 1. The van der Waals surface area contributed by atoms with Crippen molar-refractivity contribution in [2.24, 2.45) is 5.73 Å². The van der Waals surface area contributed by atoms with Crippen LogP contribution in [0.5, 0.6) is 0 Å². The first kappa shape index (κ1) is 17.9. The van der Waals surface area contributed by atoms with Crippen molar-refractivity contribution in [2.75, 3.05) is 14.1 Å². The molecule has 3 N–H and O–H groups in total. The third kappa shape index (κ3) is 3.25. The van der Waals surface area contributed by atoms with E-state index in [4.69, 9.17) is 10.6 Å². The van der Waals surface area contributed by atoms with Gasteiger partial charge in [-0.15, -0.1) is 5.06 Å². The Balaban J connectivity index is 1.77. The number of nitrogens with zero attached hydrogens (tertiary/aromatic N) is 2. The molecule has 9 nitrogen and oxygen atoms in total. The lowest BCUT2D eigenvalue weighted by atomic mass is 10.0. The van der Waals surface area contributed by atoms with Crippen molar-refractivity contribution in [2.45, 2.75) is 31.3 Å². The van der Waals surface area contributed by atoms with Gasteiger partial charge in [0.25, 0.3) is 11.8 Å². The molecule has 3 rings (SSSR count). The number of hydroxylamine groups is 2. The number of amides is 4. The zero-order chi connectivity index (χ0) is 19.0. The van der Waals surface area contributed by atoms with Crippen molar-refractivity contribution in [1.29, 1.82) is 0 Å². The van der Waals surface area contributed by atoms with E-state index in [1.165, 1.54) is 0 Å². The first-order chi connectivity index (χ1) is 12.3. The van der Waals surface area contributed by atoms with Gasteiger partial charge < -0.3 is 20.8 Å². The van der Waals surface area contributed by atoms with Crippen LogP contribution in [0.4, 0.5) is 4.79 Å². The average molecular weight is 360 g/mol. The second-order valence-electron chi connectivity index (χ2n) is 6.58. The summed E-state index contributed by atoms with van der Waals surface area (Å²) in [5, 5.41) is 3.19. The molecule has 0 bridgehead atoms. The van der Waals surface area contributed by atoms with E-state index in [-0.39, 0.29) is 24.9 Å². The first-order valence-corrected chi connectivity index (χ1v) is 8.22. The highest BCUT2D eigenvalue weighted by Crippen LogP contribution is 2.41. The number of hydrogen-bond acceptors (Lipinski definition) is 6. The Kier molecular flexibility index (Phi) is 4.64. The minimum atomic E-state index is -0.872. The van der Waals surface area contributed by atoms with Gasteiger partial charge in [-0.1, -0.05) is 6.07 Å². The highest BCUT2D eigenvalue weighted by atomic mass is 16.7. The molecular weight excluding hydrogens is 340 g/mol. The zero-order valence-electron chi connectivity index (χ0n) is 14.5. The number of benzene rings is 1. The SMILES string of the molecule is CN(C)C1CC(NC(=O)ON2C(=O)CCC2=O)c2ccc(C(N)=O)cc21. The van der Waals surface area contributed by atoms with E-state index < -0.39 is 23.8 Å². The maximum Gasteiger partial charge on any atom is 0.432 e. The Morgan fingerprint density at radius 1 is 1.19 bits per heavy atom. The van der Waals surface area contributed by atoms with Crippen LogP contribution in [-0.2, 0) is 14.4 Å². The molecule has 1 fully saturated rings. The Labute approximate surface area is 150 Å². The largest absolute Gasteiger partial charge is 0.432 e. The Morgan fingerprint density at radius 2 is 1.85 bits per heavy atom. The van der Waals surface area contributed by atoms with Gasteiger partial charge in [0.15, 0.2) is 0 Å². The quantitative estimate of drug-likeness (QED) is 0.759. The average Bonchev–Trinajstić information content (AvgIpc) is 3.09. The highest BCUT2D eigenvalue weighted by Gasteiger charge is 2.36. The van der Waals surface area contributed by atoms with E-state index in [0.717, 1.165) is 11.1 Å². The number of nitrogens with two attached hydrogens (primary N) is 1. The Morgan fingerprint density at radius 3 is 2.42 bits per heavy atom. The van der Waals surface area contributed by atoms with Crippen LogP contribution in [0.3, 0.4) is 0 Å². The molecule has 0 spiro atoms. The van der Waals surface area contributed by atoms with Crippen LogP contribution in [0.15, 0.2) is 18.2 Å². The molecule has 0 radical (unpaired) electrons. The van der Waals surface area contributed by atoms with Crippen LogP contribution in [0.25, 0.3) is 0 Å². The number of carbonyl (C=O) groups excluding carboxylic acids is 4. The third-order valence-corrected chi connectivity index (χ3v) is 4.66. The van der Waals surface area contributed by atoms with E-state index >= 15 is 0 Å². The van der Waals surface area contributed by atoms with E-state index in [1.54, 1.807) is 18.2 Å². The second-order valence-corrected chi connectivity index (χ2v) is 6.58. The lowest BCUT2D eigenvalue weighted by molar-refractivity contribution is -0.171. The summed E-state index contributed by atoms with van der Waals surface area (Å²) >= 11 is 0. The monoisotopic (exact) mass is 360 g/mol. The van der Waals surface area contributed by atoms with Crippen LogP contribution >= 0.6 is 0 Å². The van der Waals surface area contributed by atoms with Crippen molar-refractivity contribution in [3.8, 4) is 0 Å².